The minimum Gasteiger partial charge on any atom is -0.401 e. The van der Waals surface area contributed by atoms with E-state index in [1.165, 1.54) is 5.56 Å². The molecule has 0 amide bonds. The molecule has 0 heterocycles. The summed E-state index contributed by atoms with van der Waals surface area (Å²) in [5, 5.41) is 3.20. The Balaban J connectivity index is 2.71. The summed E-state index contributed by atoms with van der Waals surface area (Å²) in [5.41, 5.74) is 8.46. The van der Waals surface area contributed by atoms with Crippen LogP contribution >= 0.6 is 12.6 Å². The van der Waals surface area contributed by atoms with E-state index in [0.717, 1.165) is 17.0 Å². The lowest BCUT2D eigenvalue weighted by atomic mass is 10.0. The van der Waals surface area contributed by atoms with Gasteiger partial charge in [0.05, 0.1) is 6.04 Å². The predicted molar refractivity (Wildman–Crippen MR) is 72.5 cm³/mol. The van der Waals surface area contributed by atoms with Gasteiger partial charge >= 0.3 is 0 Å². The first-order valence-electron chi connectivity index (χ1n) is 5.13. The molecule has 86 valence electrons. The second-order valence-corrected chi connectivity index (χ2v) is 4.44. The van der Waals surface area contributed by atoms with Crippen molar-refractivity contribution in [2.75, 3.05) is 0 Å². The summed E-state index contributed by atoms with van der Waals surface area (Å²) < 4.78 is 0. The van der Waals surface area contributed by atoms with E-state index in [9.17, 15) is 0 Å². The Hall–Kier alpha value is -1.35. The van der Waals surface area contributed by atoms with Gasteiger partial charge in [0.25, 0.3) is 0 Å². The first kappa shape index (κ1) is 12.7. The number of benzene rings is 1. The van der Waals surface area contributed by atoms with Gasteiger partial charge in [-0.3, -0.25) is 0 Å². The van der Waals surface area contributed by atoms with Crippen molar-refractivity contribution in [3.63, 3.8) is 0 Å². The van der Waals surface area contributed by atoms with Crippen LogP contribution in [0.25, 0.3) is 0 Å². The molecule has 0 saturated carbocycles. The van der Waals surface area contributed by atoms with Crippen LogP contribution in [0.3, 0.4) is 0 Å². The Morgan fingerprint density at radius 1 is 1.38 bits per heavy atom. The fourth-order valence-electron chi connectivity index (χ4n) is 1.44. The number of allylic oxidation sites excluding steroid dienone is 1. The van der Waals surface area contributed by atoms with Crippen molar-refractivity contribution < 1.29 is 0 Å². The van der Waals surface area contributed by atoms with Crippen molar-refractivity contribution in [3.05, 3.63) is 54.4 Å². The summed E-state index contributed by atoms with van der Waals surface area (Å²) in [7, 11) is 0. The van der Waals surface area contributed by atoms with Gasteiger partial charge in [-0.1, -0.05) is 25.3 Å². The Kier molecular flexibility index (Phi) is 4.50. The second kappa shape index (κ2) is 5.66. The van der Waals surface area contributed by atoms with Gasteiger partial charge in [-0.2, -0.15) is 0 Å². The molecule has 0 radical (unpaired) electrons. The fraction of sp³-hybridized carbons (Fsp3) is 0.231. The zero-order valence-electron chi connectivity index (χ0n) is 9.53. The minimum atomic E-state index is 0.0308. The molecule has 0 aromatic heterocycles. The molecule has 0 fully saturated rings. The van der Waals surface area contributed by atoms with E-state index >= 15 is 0 Å². The molecule has 0 spiro atoms. The highest BCUT2D eigenvalue weighted by atomic mass is 32.1. The van der Waals surface area contributed by atoms with Gasteiger partial charge in [-0.15, -0.1) is 12.6 Å². The lowest BCUT2D eigenvalue weighted by Crippen LogP contribution is -2.34. The van der Waals surface area contributed by atoms with E-state index in [1.54, 1.807) is 0 Å². The number of rotatable bonds is 5. The van der Waals surface area contributed by atoms with Crippen molar-refractivity contribution in [1.29, 1.82) is 0 Å². The van der Waals surface area contributed by atoms with Crippen molar-refractivity contribution in [2.24, 2.45) is 5.73 Å². The number of thiol groups is 1. The van der Waals surface area contributed by atoms with Crippen LogP contribution in [0.1, 0.15) is 12.5 Å². The summed E-state index contributed by atoms with van der Waals surface area (Å²) in [5.74, 6) is 0. The van der Waals surface area contributed by atoms with Crippen LogP contribution in [-0.4, -0.2) is 6.04 Å². The van der Waals surface area contributed by atoms with Gasteiger partial charge < -0.3 is 11.1 Å². The lowest BCUT2D eigenvalue weighted by Gasteiger charge is -2.19. The van der Waals surface area contributed by atoms with Crippen LogP contribution in [0.2, 0.25) is 0 Å². The fourth-order valence-corrected chi connectivity index (χ4v) is 1.59. The van der Waals surface area contributed by atoms with Crippen LogP contribution in [-0.2, 0) is 6.42 Å². The topological polar surface area (TPSA) is 38.0 Å². The van der Waals surface area contributed by atoms with Crippen LogP contribution < -0.4 is 11.1 Å². The molecule has 2 nitrogen and oxygen atoms in total. The van der Waals surface area contributed by atoms with Crippen LogP contribution in [0, 0.1) is 0 Å². The Morgan fingerprint density at radius 2 is 1.94 bits per heavy atom. The standard InChI is InChI=1S/C13H18N2S/c1-9(2)15-13(10(3)14)8-11-4-6-12(16)7-5-11/h4-7,13,15-16H,1,3,8,14H2,2H3. The number of nitrogens with one attached hydrogen (secondary N) is 1. The smallest absolute Gasteiger partial charge is 0.0688 e. The van der Waals surface area contributed by atoms with E-state index in [2.05, 4.69) is 31.1 Å². The zero-order valence-corrected chi connectivity index (χ0v) is 10.4. The van der Waals surface area contributed by atoms with Gasteiger partial charge in [-0.05, 0) is 31.0 Å². The molecular weight excluding hydrogens is 216 g/mol. The van der Waals surface area contributed by atoms with Crippen molar-refractivity contribution in [1.82, 2.24) is 5.32 Å². The number of hydrogen-bond acceptors (Lipinski definition) is 3. The summed E-state index contributed by atoms with van der Waals surface area (Å²) in [4.78, 5) is 0.958. The maximum atomic E-state index is 5.75. The highest BCUT2D eigenvalue weighted by molar-refractivity contribution is 7.80. The van der Waals surface area contributed by atoms with Crippen molar-refractivity contribution >= 4 is 12.6 Å². The SMILES string of the molecule is C=C(C)NC(Cc1ccc(S)cc1)C(=C)N. The van der Waals surface area contributed by atoms with E-state index in [0.29, 0.717) is 5.70 Å². The molecule has 1 aromatic rings. The van der Waals surface area contributed by atoms with Crippen LogP contribution in [0.4, 0.5) is 0 Å². The average molecular weight is 234 g/mol. The monoisotopic (exact) mass is 234 g/mol. The van der Waals surface area contributed by atoms with Gasteiger partial charge in [-0.25, -0.2) is 0 Å². The van der Waals surface area contributed by atoms with Crippen LogP contribution in [0.15, 0.2) is 53.7 Å². The molecule has 1 atom stereocenters. The van der Waals surface area contributed by atoms with Gasteiger partial charge in [0.2, 0.25) is 0 Å². The third kappa shape index (κ3) is 4.03. The molecule has 0 aliphatic rings. The summed E-state index contributed by atoms with van der Waals surface area (Å²) in [6.45, 7) is 9.50. The van der Waals surface area contributed by atoms with Gasteiger partial charge in [0.1, 0.15) is 0 Å². The Morgan fingerprint density at radius 3 is 2.38 bits per heavy atom. The summed E-state index contributed by atoms with van der Waals surface area (Å²) >= 11 is 4.25. The molecule has 0 bridgehead atoms. The Labute approximate surface area is 103 Å². The molecular formula is C13H18N2S. The number of hydrogen-bond donors (Lipinski definition) is 3. The first-order chi connectivity index (χ1) is 7.49. The highest BCUT2D eigenvalue weighted by Crippen LogP contribution is 2.11. The third-order valence-corrected chi connectivity index (χ3v) is 2.54. The average Bonchev–Trinajstić information content (AvgIpc) is 2.19. The molecule has 0 aliphatic heterocycles. The van der Waals surface area contributed by atoms with E-state index in [-0.39, 0.29) is 6.04 Å². The first-order valence-corrected chi connectivity index (χ1v) is 5.58. The maximum Gasteiger partial charge on any atom is 0.0688 e. The lowest BCUT2D eigenvalue weighted by molar-refractivity contribution is 0.631. The number of nitrogens with two attached hydrogens (primary N) is 1. The molecule has 1 rings (SSSR count). The third-order valence-electron chi connectivity index (χ3n) is 2.24. The molecule has 3 N–H and O–H groups in total. The highest BCUT2D eigenvalue weighted by Gasteiger charge is 2.10. The normalized spacial score (nSPS) is 11.9. The van der Waals surface area contributed by atoms with Crippen molar-refractivity contribution in [2.45, 2.75) is 24.3 Å². The molecule has 0 aliphatic carbocycles. The summed E-state index contributed by atoms with van der Waals surface area (Å²) in [6.07, 6.45) is 0.802. The second-order valence-electron chi connectivity index (χ2n) is 3.92. The molecule has 3 heteroatoms. The largest absolute Gasteiger partial charge is 0.401 e. The molecule has 16 heavy (non-hydrogen) atoms. The van der Waals surface area contributed by atoms with E-state index in [4.69, 9.17) is 5.73 Å². The van der Waals surface area contributed by atoms with E-state index < -0.39 is 0 Å². The zero-order chi connectivity index (χ0) is 12.1. The Bertz CT molecular complexity index is 381. The van der Waals surface area contributed by atoms with Crippen LogP contribution in [0.5, 0.6) is 0 Å². The minimum absolute atomic E-state index is 0.0308. The predicted octanol–water partition coefficient (Wildman–Crippen LogP) is 2.48. The molecule has 0 saturated heterocycles. The maximum absolute atomic E-state index is 5.75. The van der Waals surface area contributed by atoms with Crippen molar-refractivity contribution in [3.8, 4) is 0 Å². The molecule has 1 unspecified atom stereocenters. The van der Waals surface area contributed by atoms with Gasteiger partial charge in [0, 0.05) is 16.3 Å². The van der Waals surface area contributed by atoms with E-state index in [1.807, 2.05) is 31.2 Å². The quantitative estimate of drug-likeness (QED) is 0.685. The summed E-state index contributed by atoms with van der Waals surface area (Å²) in [6, 6.07) is 8.05. The molecule has 1 aromatic carbocycles. The van der Waals surface area contributed by atoms with Gasteiger partial charge in [0.15, 0.2) is 0 Å².